The second kappa shape index (κ2) is 9.18. The van der Waals surface area contributed by atoms with Gasteiger partial charge in [0.25, 0.3) is 5.91 Å². The van der Waals surface area contributed by atoms with Gasteiger partial charge in [0.15, 0.2) is 0 Å². The minimum absolute atomic E-state index is 0.122. The minimum Gasteiger partial charge on any atom is -0.507 e. The van der Waals surface area contributed by atoms with E-state index < -0.39 is 11.9 Å². The van der Waals surface area contributed by atoms with Gasteiger partial charge in [-0.25, -0.2) is 10.2 Å². The van der Waals surface area contributed by atoms with Gasteiger partial charge in [-0.3, -0.25) is 4.79 Å². The van der Waals surface area contributed by atoms with E-state index in [9.17, 15) is 14.7 Å². The maximum Gasteiger partial charge on any atom is 0.343 e. The summed E-state index contributed by atoms with van der Waals surface area (Å²) in [5.41, 5.74) is 3.56. The van der Waals surface area contributed by atoms with Crippen LogP contribution in [0.25, 0.3) is 0 Å². The fourth-order valence-corrected chi connectivity index (χ4v) is 2.41. The van der Waals surface area contributed by atoms with E-state index in [4.69, 9.17) is 9.47 Å². The number of esters is 1. The second-order valence-electron chi connectivity index (χ2n) is 5.90. The summed E-state index contributed by atoms with van der Waals surface area (Å²) in [5.74, 6) is -0.0995. The number of hydrogen-bond acceptors (Lipinski definition) is 6. The lowest BCUT2D eigenvalue weighted by atomic mass is 10.2. The van der Waals surface area contributed by atoms with Crippen LogP contribution in [-0.4, -0.2) is 30.3 Å². The first-order chi connectivity index (χ1) is 14.1. The summed E-state index contributed by atoms with van der Waals surface area (Å²) in [6, 6.07) is 19.4. The first-order valence-corrected chi connectivity index (χ1v) is 8.64. The number of methoxy groups -OCH3 is 1. The molecule has 2 N–H and O–H groups in total. The Bertz CT molecular complexity index is 1030. The maximum absolute atomic E-state index is 12.2. The average Bonchev–Trinajstić information content (AvgIpc) is 2.75. The van der Waals surface area contributed by atoms with Gasteiger partial charge in [0.1, 0.15) is 17.2 Å². The van der Waals surface area contributed by atoms with Crippen molar-refractivity contribution in [2.45, 2.75) is 0 Å². The third-order valence-corrected chi connectivity index (χ3v) is 3.94. The molecule has 146 valence electrons. The van der Waals surface area contributed by atoms with Crippen LogP contribution in [0.15, 0.2) is 77.9 Å². The van der Waals surface area contributed by atoms with Crippen LogP contribution >= 0.6 is 0 Å². The van der Waals surface area contributed by atoms with Gasteiger partial charge in [-0.1, -0.05) is 12.1 Å². The number of hydrogen-bond donors (Lipinski definition) is 2. The summed E-state index contributed by atoms with van der Waals surface area (Å²) >= 11 is 0. The van der Waals surface area contributed by atoms with Crippen molar-refractivity contribution in [1.29, 1.82) is 0 Å². The molecule has 0 saturated heterocycles. The highest BCUT2D eigenvalue weighted by atomic mass is 16.5. The van der Waals surface area contributed by atoms with E-state index in [0.29, 0.717) is 22.6 Å². The van der Waals surface area contributed by atoms with Gasteiger partial charge in [0, 0.05) is 0 Å². The Morgan fingerprint density at radius 2 is 1.59 bits per heavy atom. The lowest BCUT2D eigenvalue weighted by molar-refractivity contribution is 0.0734. The fourth-order valence-electron chi connectivity index (χ4n) is 2.41. The smallest absolute Gasteiger partial charge is 0.343 e. The Hall–Kier alpha value is -4.13. The Labute approximate surface area is 167 Å². The van der Waals surface area contributed by atoms with Crippen LogP contribution in [0.5, 0.6) is 17.2 Å². The SMILES string of the molecule is COc1ccc(C(=O)Oc2ccc(/C=N\NC(=O)c3ccccc3O)cc2)cc1. The van der Waals surface area contributed by atoms with Crippen LogP contribution < -0.4 is 14.9 Å². The second-order valence-corrected chi connectivity index (χ2v) is 5.90. The number of aromatic hydroxyl groups is 1. The molecule has 0 aliphatic heterocycles. The summed E-state index contributed by atoms with van der Waals surface area (Å²) in [5, 5.41) is 13.5. The van der Waals surface area contributed by atoms with Crippen molar-refractivity contribution >= 4 is 18.1 Å². The maximum atomic E-state index is 12.2. The number of benzene rings is 3. The van der Waals surface area contributed by atoms with E-state index >= 15 is 0 Å². The molecule has 0 atom stereocenters. The molecule has 0 spiro atoms. The molecule has 1 amide bonds. The predicted octanol–water partition coefficient (Wildman–Crippen LogP) is 3.38. The highest BCUT2D eigenvalue weighted by Crippen LogP contribution is 2.17. The zero-order valence-electron chi connectivity index (χ0n) is 15.5. The zero-order chi connectivity index (χ0) is 20.6. The number of phenolic OH excluding ortho intramolecular Hbond substituents is 1. The highest BCUT2D eigenvalue weighted by Gasteiger charge is 2.09. The molecule has 0 saturated carbocycles. The van der Waals surface area contributed by atoms with Gasteiger partial charge in [-0.05, 0) is 66.2 Å². The fraction of sp³-hybridized carbons (Fsp3) is 0.0455. The van der Waals surface area contributed by atoms with Crippen molar-refractivity contribution in [3.63, 3.8) is 0 Å². The number of carbonyl (C=O) groups excluding carboxylic acids is 2. The molecule has 29 heavy (non-hydrogen) atoms. The van der Waals surface area contributed by atoms with Crippen LogP contribution in [0.4, 0.5) is 0 Å². The average molecular weight is 390 g/mol. The van der Waals surface area contributed by atoms with Crippen LogP contribution in [-0.2, 0) is 0 Å². The van der Waals surface area contributed by atoms with Crippen molar-refractivity contribution in [2.75, 3.05) is 7.11 Å². The Morgan fingerprint density at radius 3 is 2.24 bits per heavy atom. The summed E-state index contributed by atoms with van der Waals surface area (Å²) < 4.78 is 10.4. The summed E-state index contributed by atoms with van der Waals surface area (Å²) in [4.78, 5) is 24.1. The van der Waals surface area contributed by atoms with E-state index in [1.165, 1.54) is 18.3 Å². The van der Waals surface area contributed by atoms with E-state index in [1.807, 2.05) is 0 Å². The molecule has 0 aliphatic rings. The van der Waals surface area contributed by atoms with Gasteiger partial charge in [-0.15, -0.1) is 0 Å². The Morgan fingerprint density at radius 1 is 0.931 bits per heavy atom. The van der Waals surface area contributed by atoms with E-state index in [-0.39, 0.29) is 11.3 Å². The molecule has 0 bridgehead atoms. The number of rotatable bonds is 6. The molecule has 3 rings (SSSR count). The Kier molecular flexibility index (Phi) is 6.22. The number of carbonyl (C=O) groups is 2. The van der Waals surface area contributed by atoms with Crippen LogP contribution in [0, 0.1) is 0 Å². The molecule has 3 aromatic rings. The normalized spacial score (nSPS) is 10.5. The molecule has 0 aliphatic carbocycles. The predicted molar refractivity (Wildman–Crippen MR) is 108 cm³/mol. The van der Waals surface area contributed by atoms with Crippen LogP contribution in [0.3, 0.4) is 0 Å². The van der Waals surface area contributed by atoms with Gasteiger partial charge in [0.2, 0.25) is 0 Å². The van der Waals surface area contributed by atoms with Crippen molar-refractivity contribution in [1.82, 2.24) is 5.43 Å². The first kappa shape index (κ1) is 19.6. The molecule has 0 heterocycles. The topological polar surface area (TPSA) is 97.2 Å². The molecule has 7 heteroatoms. The zero-order valence-corrected chi connectivity index (χ0v) is 15.5. The number of amides is 1. The number of phenols is 1. The highest BCUT2D eigenvalue weighted by molar-refractivity contribution is 5.97. The molecule has 0 unspecified atom stereocenters. The minimum atomic E-state index is -0.524. The standard InChI is InChI=1S/C22H18N2O5/c1-28-17-12-8-16(9-13-17)22(27)29-18-10-6-15(7-11-18)14-23-24-21(26)19-4-2-3-5-20(19)25/h2-14,25H,1H3,(H,24,26)/b23-14-. The third kappa shape index (κ3) is 5.20. The van der Waals surface area contributed by atoms with Crippen molar-refractivity contribution in [2.24, 2.45) is 5.10 Å². The summed E-state index contributed by atoms with van der Waals surface area (Å²) in [7, 11) is 1.55. The molecule has 7 nitrogen and oxygen atoms in total. The third-order valence-electron chi connectivity index (χ3n) is 3.94. The molecule has 0 fully saturated rings. The van der Waals surface area contributed by atoms with Crippen molar-refractivity contribution in [3.05, 3.63) is 89.5 Å². The molecule has 0 radical (unpaired) electrons. The van der Waals surface area contributed by atoms with Gasteiger partial charge in [0.05, 0.1) is 24.5 Å². The summed E-state index contributed by atoms with van der Waals surface area (Å²) in [6.45, 7) is 0. The van der Waals surface area contributed by atoms with Gasteiger partial charge < -0.3 is 14.6 Å². The van der Waals surface area contributed by atoms with Crippen LogP contribution in [0.2, 0.25) is 0 Å². The first-order valence-electron chi connectivity index (χ1n) is 8.64. The van der Waals surface area contributed by atoms with Gasteiger partial charge >= 0.3 is 5.97 Å². The van der Waals surface area contributed by atoms with E-state index in [2.05, 4.69) is 10.5 Å². The largest absolute Gasteiger partial charge is 0.507 e. The monoisotopic (exact) mass is 390 g/mol. The number of nitrogens with zero attached hydrogens (tertiary/aromatic N) is 1. The van der Waals surface area contributed by atoms with Gasteiger partial charge in [-0.2, -0.15) is 5.10 Å². The molecular weight excluding hydrogens is 372 g/mol. The lowest BCUT2D eigenvalue weighted by Gasteiger charge is -2.05. The number of para-hydroxylation sites is 1. The van der Waals surface area contributed by atoms with Crippen molar-refractivity contribution < 1.29 is 24.2 Å². The van der Waals surface area contributed by atoms with Crippen LogP contribution in [0.1, 0.15) is 26.3 Å². The molecular formula is C22H18N2O5. The summed E-state index contributed by atoms with van der Waals surface area (Å²) in [6.07, 6.45) is 1.44. The van der Waals surface area contributed by atoms with E-state index in [0.717, 1.165) is 0 Å². The lowest BCUT2D eigenvalue weighted by Crippen LogP contribution is -2.17. The molecule has 3 aromatic carbocycles. The van der Waals surface area contributed by atoms with Crippen molar-refractivity contribution in [3.8, 4) is 17.2 Å². The number of hydrazone groups is 1. The molecule has 0 aromatic heterocycles. The number of nitrogens with one attached hydrogen (secondary N) is 1. The quantitative estimate of drug-likeness (QED) is 0.291. The Balaban J connectivity index is 1.56. The number of ether oxygens (including phenoxy) is 2. The van der Waals surface area contributed by atoms with E-state index in [1.54, 1.807) is 67.8 Å².